The third kappa shape index (κ3) is 4.40. The molecule has 12 heteroatoms. The molecule has 0 aliphatic carbocycles. The van der Waals surface area contributed by atoms with Crippen LogP contribution in [0.1, 0.15) is 42.0 Å². The number of oxazole rings is 1. The molecule has 1 aliphatic heterocycles. The highest BCUT2D eigenvalue weighted by molar-refractivity contribution is 7.19. The lowest BCUT2D eigenvalue weighted by atomic mass is 10.2. The van der Waals surface area contributed by atoms with Crippen LogP contribution in [-0.2, 0) is 17.8 Å². The number of anilines is 2. The average Bonchev–Trinajstić information content (AvgIpc) is 3.60. The zero-order chi connectivity index (χ0) is 25.7. The number of thiophene rings is 1. The molecule has 2 atom stereocenters. The van der Waals surface area contributed by atoms with Gasteiger partial charge in [0.25, 0.3) is 5.56 Å². The molecule has 5 aromatic rings. The molecule has 0 radical (unpaired) electrons. The maximum absolute atomic E-state index is 13.4. The van der Waals surface area contributed by atoms with Gasteiger partial charge in [0.05, 0.1) is 12.7 Å². The van der Waals surface area contributed by atoms with Crippen molar-refractivity contribution in [3.8, 4) is 0 Å². The van der Waals surface area contributed by atoms with Gasteiger partial charge in [0, 0.05) is 32.6 Å². The standard InChI is InChI=1S/C25H22ClN7O3S/c1-12(24-32-16-7-14(26)2-4-19(16)36-24)31-17-11-29-22-5-3-18(33(22)25(17)35)23(34)30-10-15-6-13-9-28-21(27)8-20(13)37-15/h2,4,6-9,11-12,18,31H,3,5,10H2,1H3,(H2,27,28)(H,30,34)/t12-,18-/m0/s1. The van der Waals surface area contributed by atoms with E-state index in [-0.39, 0.29) is 17.2 Å². The van der Waals surface area contributed by atoms with Crippen LogP contribution in [0, 0.1) is 0 Å². The summed E-state index contributed by atoms with van der Waals surface area (Å²) in [5.74, 6) is 1.23. The number of rotatable bonds is 6. The highest BCUT2D eigenvalue weighted by atomic mass is 35.5. The molecular formula is C25H22ClN7O3S. The summed E-state index contributed by atoms with van der Waals surface area (Å²) in [5, 5.41) is 7.64. The molecule has 4 N–H and O–H groups in total. The smallest absolute Gasteiger partial charge is 0.277 e. The van der Waals surface area contributed by atoms with Crippen molar-refractivity contribution in [3.63, 3.8) is 0 Å². The van der Waals surface area contributed by atoms with Crippen molar-refractivity contribution in [1.29, 1.82) is 0 Å². The number of hydrogen-bond donors (Lipinski definition) is 3. The van der Waals surface area contributed by atoms with Crippen molar-refractivity contribution in [1.82, 2.24) is 24.8 Å². The van der Waals surface area contributed by atoms with Crippen molar-refractivity contribution in [3.05, 3.63) is 74.7 Å². The van der Waals surface area contributed by atoms with Gasteiger partial charge in [-0.3, -0.25) is 14.2 Å². The number of nitrogen functional groups attached to an aromatic ring is 1. The second-order valence-electron chi connectivity index (χ2n) is 8.93. The Hall–Kier alpha value is -3.96. The second kappa shape index (κ2) is 9.16. The lowest BCUT2D eigenvalue weighted by molar-refractivity contribution is -0.124. The van der Waals surface area contributed by atoms with E-state index in [2.05, 4.69) is 25.6 Å². The topological polar surface area (TPSA) is 141 Å². The van der Waals surface area contributed by atoms with E-state index in [9.17, 15) is 9.59 Å². The van der Waals surface area contributed by atoms with Crippen molar-refractivity contribution in [2.24, 2.45) is 0 Å². The summed E-state index contributed by atoms with van der Waals surface area (Å²) in [6.45, 7) is 2.19. The molecule has 5 heterocycles. The fraction of sp³-hybridized carbons (Fsp3) is 0.240. The molecule has 0 saturated carbocycles. The molecule has 0 fully saturated rings. The number of nitrogens with two attached hydrogens (primary N) is 1. The van der Waals surface area contributed by atoms with Crippen LogP contribution in [0.5, 0.6) is 0 Å². The van der Waals surface area contributed by atoms with E-state index < -0.39 is 12.1 Å². The van der Waals surface area contributed by atoms with Gasteiger partial charge in [0.1, 0.15) is 34.9 Å². The van der Waals surface area contributed by atoms with Gasteiger partial charge in [-0.2, -0.15) is 0 Å². The fourth-order valence-electron chi connectivity index (χ4n) is 4.53. The molecule has 4 aromatic heterocycles. The van der Waals surface area contributed by atoms with E-state index in [0.29, 0.717) is 53.0 Å². The first kappa shape index (κ1) is 23.4. The molecule has 1 aromatic carbocycles. The molecule has 10 nitrogen and oxygen atoms in total. The van der Waals surface area contributed by atoms with Gasteiger partial charge < -0.3 is 20.8 Å². The van der Waals surface area contributed by atoms with E-state index in [1.807, 2.05) is 19.1 Å². The summed E-state index contributed by atoms with van der Waals surface area (Å²) in [7, 11) is 0. The molecule has 1 aliphatic rings. The maximum atomic E-state index is 13.4. The molecule has 0 bridgehead atoms. The number of nitrogens with one attached hydrogen (secondary N) is 2. The highest BCUT2D eigenvalue weighted by Crippen LogP contribution is 2.28. The van der Waals surface area contributed by atoms with Crippen LogP contribution >= 0.6 is 22.9 Å². The van der Waals surface area contributed by atoms with Crippen LogP contribution in [0.3, 0.4) is 0 Å². The number of aryl methyl sites for hydroxylation is 1. The highest BCUT2D eigenvalue weighted by Gasteiger charge is 2.31. The Bertz CT molecular complexity index is 1730. The Morgan fingerprint density at radius 1 is 1.30 bits per heavy atom. The fourth-order valence-corrected chi connectivity index (χ4v) is 5.72. The number of nitrogens with zero attached hydrogens (tertiary/aromatic N) is 4. The van der Waals surface area contributed by atoms with E-state index in [1.165, 1.54) is 10.8 Å². The first-order valence-electron chi connectivity index (χ1n) is 11.7. The number of pyridine rings is 1. The monoisotopic (exact) mass is 535 g/mol. The number of benzene rings is 1. The largest absolute Gasteiger partial charge is 0.438 e. The zero-order valence-corrected chi connectivity index (χ0v) is 21.3. The second-order valence-corrected chi connectivity index (χ2v) is 10.5. The predicted molar refractivity (Wildman–Crippen MR) is 143 cm³/mol. The normalized spacial score (nSPS) is 15.7. The number of hydrogen-bond acceptors (Lipinski definition) is 9. The van der Waals surface area contributed by atoms with Crippen LogP contribution < -0.4 is 21.9 Å². The maximum Gasteiger partial charge on any atom is 0.277 e. The van der Waals surface area contributed by atoms with Crippen LogP contribution in [0.4, 0.5) is 11.5 Å². The van der Waals surface area contributed by atoms with Crippen LogP contribution in [-0.4, -0.2) is 25.4 Å². The Kier molecular flexibility index (Phi) is 5.81. The van der Waals surface area contributed by atoms with Gasteiger partial charge in [-0.25, -0.2) is 15.0 Å². The van der Waals surface area contributed by atoms with Crippen molar-refractivity contribution < 1.29 is 9.21 Å². The molecular weight excluding hydrogens is 514 g/mol. The van der Waals surface area contributed by atoms with Gasteiger partial charge in [-0.15, -0.1) is 11.3 Å². The Balaban J connectivity index is 1.19. The van der Waals surface area contributed by atoms with E-state index >= 15 is 0 Å². The Morgan fingerprint density at radius 3 is 3.03 bits per heavy atom. The molecule has 6 rings (SSSR count). The minimum Gasteiger partial charge on any atom is -0.438 e. The number of amides is 1. The Labute approximate surface area is 219 Å². The summed E-state index contributed by atoms with van der Waals surface area (Å²) in [6, 6.07) is 7.95. The summed E-state index contributed by atoms with van der Waals surface area (Å²) in [6.07, 6.45) is 4.27. The first-order chi connectivity index (χ1) is 17.9. The number of halogens is 1. The first-order valence-corrected chi connectivity index (χ1v) is 12.9. The minimum atomic E-state index is -0.634. The lowest BCUT2D eigenvalue weighted by Crippen LogP contribution is -2.36. The summed E-state index contributed by atoms with van der Waals surface area (Å²) < 4.78 is 8.30. The summed E-state index contributed by atoms with van der Waals surface area (Å²) in [4.78, 5) is 40.5. The average molecular weight is 536 g/mol. The quantitative estimate of drug-likeness (QED) is 0.293. The predicted octanol–water partition coefficient (Wildman–Crippen LogP) is 4.21. The van der Waals surface area contributed by atoms with E-state index in [4.69, 9.17) is 21.8 Å². The molecule has 188 valence electrons. The number of carbonyl (C=O) groups is 1. The third-order valence-electron chi connectivity index (χ3n) is 6.34. The SMILES string of the molecule is C[C@H](Nc1cnc2n(c1=O)[C@H](C(=O)NCc1cc3cnc(N)cc3s1)CC2)c1nc2cc(Cl)ccc2o1. The Morgan fingerprint density at radius 2 is 2.16 bits per heavy atom. The molecule has 0 unspecified atom stereocenters. The van der Waals surface area contributed by atoms with Gasteiger partial charge in [-0.1, -0.05) is 11.6 Å². The summed E-state index contributed by atoms with van der Waals surface area (Å²) in [5.41, 5.74) is 6.96. The van der Waals surface area contributed by atoms with Crippen molar-refractivity contribution in [2.45, 2.75) is 38.4 Å². The van der Waals surface area contributed by atoms with Crippen LogP contribution in [0.2, 0.25) is 5.02 Å². The number of carbonyl (C=O) groups excluding carboxylic acids is 1. The van der Waals surface area contributed by atoms with E-state index in [1.54, 1.807) is 35.7 Å². The van der Waals surface area contributed by atoms with Gasteiger partial charge >= 0.3 is 0 Å². The van der Waals surface area contributed by atoms with Crippen molar-refractivity contribution >= 4 is 61.5 Å². The molecule has 37 heavy (non-hydrogen) atoms. The van der Waals surface area contributed by atoms with Crippen LogP contribution in [0.15, 0.2) is 51.9 Å². The lowest BCUT2D eigenvalue weighted by Gasteiger charge is -2.16. The van der Waals surface area contributed by atoms with Gasteiger partial charge in [0.2, 0.25) is 11.8 Å². The van der Waals surface area contributed by atoms with Crippen LogP contribution in [0.25, 0.3) is 21.2 Å². The molecule has 0 spiro atoms. The third-order valence-corrected chi connectivity index (χ3v) is 7.68. The van der Waals surface area contributed by atoms with Gasteiger partial charge in [-0.05, 0) is 43.7 Å². The zero-order valence-electron chi connectivity index (χ0n) is 19.7. The number of fused-ring (bicyclic) bond motifs is 3. The molecule has 0 saturated heterocycles. The van der Waals surface area contributed by atoms with Gasteiger partial charge in [0.15, 0.2) is 5.58 Å². The summed E-state index contributed by atoms with van der Waals surface area (Å²) >= 11 is 7.59. The number of aromatic nitrogens is 4. The van der Waals surface area contributed by atoms with E-state index in [0.717, 1.165) is 15.0 Å². The molecule has 1 amide bonds. The minimum absolute atomic E-state index is 0.223. The van der Waals surface area contributed by atoms with Crippen molar-refractivity contribution in [2.75, 3.05) is 11.1 Å².